The first-order valence-electron chi connectivity index (χ1n) is 12.8. The molecular weight excluding hydrogens is 459 g/mol. The van der Waals surface area contributed by atoms with Crippen molar-refractivity contribution in [3.05, 3.63) is 138 Å². The van der Waals surface area contributed by atoms with Gasteiger partial charge >= 0.3 is 0 Å². The largest absolute Gasteiger partial charge is 0.484 e. The van der Waals surface area contributed by atoms with Crippen LogP contribution in [0.25, 0.3) is 5.57 Å². The van der Waals surface area contributed by atoms with E-state index in [-0.39, 0.29) is 11.9 Å². The molecule has 0 N–H and O–H groups in total. The SMILES string of the molecule is C=C(CCC1(CCC)Oc2cc(F)ccc2[C@H]1N=C(c1ccccc1)c1ccccc1)c1cccnc1. The van der Waals surface area contributed by atoms with Gasteiger partial charge in [-0.3, -0.25) is 9.98 Å². The van der Waals surface area contributed by atoms with Crippen molar-refractivity contribution in [2.75, 3.05) is 0 Å². The minimum absolute atomic E-state index is 0.292. The number of ether oxygens (including phenoxy) is 1. The molecule has 1 aliphatic heterocycles. The van der Waals surface area contributed by atoms with Crippen LogP contribution in [0.3, 0.4) is 0 Å². The number of rotatable bonds is 9. The first kappa shape index (κ1) is 24.6. The Kier molecular flexibility index (Phi) is 7.27. The first-order valence-corrected chi connectivity index (χ1v) is 12.8. The van der Waals surface area contributed by atoms with E-state index in [1.807, 2.05) is 60.8 Å². The highest BCUT2D eigenvalue weighted by molar-refractivity contribution is 6.13. The van der Waals surface area contributed by atoms with E-state index in [1.165, 1.54) is 12.1 Å². The summed E-state index contributed by atoms with van der Waals surface area (Å²) < 4.78 is 21.0. The molecule has 0 saturated heterocycles. The van der Waals surface area contributed by atoms with Crippen molar-refractivity contribution in [2.45, 2.75) is 44.2 Å². The van der Waals surface area contributed by atoms with Crippen LogP contribution in [0.15, 0.2) is 115 Å². The second kappa shape index (κ2) is 10.9. The molecule has 5 rings (SSSR count). The molecule has 3 nitrogen and oxygen atoms in total. The third kappa shape index (κ3) is 5.24. The van der Waals surface area contributed by atoms with Crippen LogP contribution in [0.1, 0.15) is 60.9 Å². The summed E-state index contributed by atoms with van der Waals surface area (Å²) in [6.07, 6.45) is 6.73. The Morgan fingerprint density at radius 2 is 1.59 bits per heavy atom. The Morgan fingerprint density at radius 3 is 2.22 bits per heavy atom. The molecule has 2 heterocycles. The van der Waals surface area contributed by atoms with E-state index in [2.05, 4.69) is 42.8 Å². The van der Waals surface area contributed by atoms with E-state index in [1.54, 1.807) is 6.20 Å². The van der Waals surface area contributed by atoms with E-state index in [0.717, 1.165) is 52.8 Å². The molecular formula is C33H31FN2O. The Bertz CT molecular complexity index is 1340. The standard InChI is InChI=1S/C33H31FN2O/c1-3-19-33(20-18-24(2)27-15-10-21-35-23-27)32(29-17-16-28(34)22-30(29)37-33)36-31(25-11-6-4-7-12-25)26-13-8-5-9-14-26/h4-17,21-23,32H,2-3,18-20H2,1H3/t32-,33?/m1/s1. The number of fused-ring (bicyclic) bond motifs is 1. The summed E-state index contributed by atoms with van der Waals surface area (Å²) in [5.41, 5.74) is 5.30. The van der Waals surface area contributed by atoms with Gasteiger partial charge in [-0.15, -0.1) is 0 Å². The highest BCUT2D eigenvalue weighted by Gasteiger charge is 2.48. The van der Waals surface area contributed by atoms with Gasteiger partial charge in [-0.1, -0.05) is 92.7 Å². The summed E-state index contributed by atoms with van der Waals surface area (Å²) >= 11 is 0. The monoisotopic (exact) mass is 490 g/mol. The highest BCUT2D eigenvalue weighted by Crippen LogP contribution is 2.51. The second-order valence-electron chi connectivity index (χ2n) is 9.56. The van der Waals surface area contributed by atoms with Gasteiger partial charge in [-0.25, -0.2) is 4.39 Å². The molecule has 4 heteroatoms. The number of aromatic nitrogens is 1. The Balaban J connectivity index is 1.61. The van der Waals surface area contributed by atoms with Gasteiger partial charge in [0.25, 0.3) is 0 Å². The van der Waals surface area contributed by atoms with Gasteiger partial charge in [0.1, 0.15) is 23.2 Å². The van der Waals surface area contributed by atoms with Gasteiger partial charge in [0.2, 0.25) is 0 Å². The molecule has 0 fully saturated rings. The molecule has 0 amide bonds. The zero-order valence-electron chi connectivity index (χ0n) is 21.1. The smallest absolute Gasteiger partial charge is 0.136 e. The summed E-state index contributed by atoms with van der Waals surface area (Å²) in [7, 11) is 0. The summed E-state index contributed by atoms with van der Waals surface area (Å²) in [4.78, 5) is 9.68. The average Bonchev–Trinajstić information content (AvgIpc) is 3.23. The number of aliphatic imine (C=N–C) groups is 1. The third-order valence-electron chi connectivity index (χ3n) is 7.03. The predicted molar refractivity (Wildman–Crippen MR) is 148 cm³/mol. The Morgan fingerprint density at radius 1 is 0.919 bits per heavy atom. The zero-order valence-corrected chi connectivity index (χ0v) is 21.1. The van der Waals surface area contributed by atoms with Gasteiger partial charge in [-0.05, 0) is 42.5 Å². The number of hydrogen-bond acceptors (Lipinski definition) is 3. The van der Waals surface area contributed by atoms with Crippen LogP contribution in [0.5, 0.6) is 5.75 Å². The lowest BCUT2D eigenvalue weighted by Crippen LogP contribution is -2.38. The van der Waals surface area contributed by atoms with Crippen molar-refractivity contribution in [1.29, 1.82) is 0 Å². The maximum absolute atomic E-state index is 14.3. The molecule has 1 aliphatic rings. The number of pyridine rings is 1. The number of hydrogen-bond donors (Lipinski definition) is 0. The number of allylic oxidation sites excluding steroid dienone is 1. The summed E-state index contributed by atoms with van der Waals surface area (Å²) in [6, 6.07) is 28.9. The van der Waals surface area contributed by atoms with Crippen LogP contribution in [-0.4, -0.2) is 16.3 Å². The molecule has 186 valence electrons. The topological polar surface area (TPSA) is 34.5 Å². The van der Waals surface area contributed by atoms with E-state index in [4.69, 9.17) is 9.73 Å². The normalized spacial score (nSPS) is 18.1. The van der Waals surface area contributed by atoms with Gasteiger partial charge in [0, 0.05) is 35.2 Å². The lowest BCUT2D eigenvalue weighted by Gasteiger charge is -2.34. The van der Waals surface area contributed by atoms with Crippen molar-refractivity contribution in [3.8, 4) is 5.75 Å². The van der Waals surface area contributed by atoms with Crippen LogP contribution in [-0.2, 0) is 0 Å². The van der Waals surface area contributed by atoms with Crippen LogP contribution in [0.2, 0.25) is 0 Å². The predicted octanol–water partition coefficient (Wildman–Crippen LogP) is 8.22. The molecule has 0 bridgehead atoms. The molecule has 0 aliphatic carbocycles. The average molecular weight is 491 g/mol. The lowest BCUT2D eigenvalue weighted by atomic mass is 9.81. The van der Waals surface area contributed by atoms with Crippen molar-refractivity contribution >= 4 is 11.3 Å². The Hall–Kier alpha value is -4.05. The van der Waals surface area contributed by atoms with E-state index in [0.29, 0.717) is 12.2 Å². The molecule has 0 saturated carbocycles. The highest BCUT2D eigenvalue weighted by atomic mass is 19.1. The molecule has 1 unspecified atom stereocenters. The Labute approximate surface area is 218 Å². The third-order valence-corrected chi connectivity index (χ3v) is 7.03. The fraction of sp³-hybridized carbons (Fsp3) is 0.212. The van der Waals surface area contributed by atoms with E-state index >= 15 is 0 Å². The van der Waals surface area contributed by atoms with Gasteiger partial charge in [-0.2, -0.15) is 0 Å². The molecule has 2 atom stereocenters. The maximum atomic E-state index is 14.3. The lowest BCUT2D eigenvalue weighted by molar-refractivity contribution is 0.0519. The molecule has 3 aromatic carbocycles. The molecule has 4 aromatic rings. The molecule has 0 spiro atoms. The van der Waals surface area contributed by atoms with E-state index in [9.17, 15) is 4.39 Å². The van der Waals surface area contributed by atoms with Gasteiger partial charge < -0.3 is 4.74 Å². The summed E-state index contributed by atoms with van der Waals surface area (Å²) in [5.74, 6) is 0.273. The second-order valence-corrected chi connectivity index (χ2v) is 9.56. The quantitative estimate of drug-likeness (QED) is 0.222. The van der Waals surface area contributed by atoms with Gasteiger partial charge in [0.15, 0.2) is 0 Å². The minimum atomic E-state index is -0.620. The summed E-state index contributed by atoms with van der Waals surface area (Å²) in [5, 5.41) is 0. The van der Waals surface area contributed by atoms with Crippen molar-refractivity contribution < 1.29 is 9.13 Å². The fourth-order valence-electron chi connectivity index (χ4n) is 5.21. The van der Waals surface area contributed by atoms with Crippen molar-refractivity contribution in [3.63, 3.8) is 0 Å². The van der Waals surface area contributed by atoms with Crippen molar-refractivity contribution in [1.82, 2.24) is 4.98 Å². The van der Waals surface area contributed by atoms with Crippen LogP contribution >= 0.6 is 0 Å². The van der Waals surface area contributed by atoms with Crippen LogP contribution in [0.4, 0.5) is 4.39 Å². The summed E-state index contributed by atoms with van der Waals surface area (Å²) in [6.45, 7) is 6.48. The van der Waals surface area contributed by atoms with E-state index < -0.39 is 5.60 Å². The molecule has 1 aromatic heterocycles. The zero-order chi connectivity index (χ0) is 25.7. The number of nitrogens with zero attached hydrogens (tertiary/aromatic N) is 2. The molecule has 0 radical (unpaired) electrons. The molecule has 37 heavy (non-hydrogen) atoms. The van der Waals surface area contributed by atoms with Crippen LogP contribution in [0, 0.1) is 5.82 Å². The van der Waals surface area contributed by atoms with Gasteiger partial charge in [0.05, 0.1) is 5.71 Å². The number of halogens is 1. The fourth-order valence-corrected chi connectivity index (χ4v) is 5.21. The minimum Gasteiger partial charge on any atom is -0.484 e. The van der Waals surface area contributed by atoms with Crippen LogP contribution < -0.4 is 4.74 Å². The van der Waals surface area contributed by atoms with Crippen molar-refractivity contribution in [2.24, 2.45) is 4.99 Å². The number of benzene rings is 3. The maximum Gasteiger partial charge on any atom is 0.136 e. The first-order chi connectivity index (χ1) is 18.1.